The first kappa shape index (κ1) is 13.6. The Bertz CT molecular complexity index is 147. The van der Waals surface area contributed by atoms with E-state index in [-0.39, 0.29) is 25.7 Å². The summed E-state index contributed by atoms with van der Waals surface area (Å²) in [4.78, 5) is 0. The zero-order chi connectivity index (χ0) is 10.8. The van der Waals surface area contributed by atoms with Crippen molar-refractivity contribution in [1.29, 1.82) is 0 Å². The van der Waals surface area contributed by atoms with Gasteiger partial charge in [0.25, 0.3) is 0 Å². The molecule has 4 nitrogen and oxygen atoms in total. The summed E-state index contributed by atoms with van der Waals surface area (Å²) in [7, 11) is 0. The zero-order valence-electron chi connectivity index (χ0n) is 8.34. The number of hydrogen-bond donors (Lipinski definition) is 4. The topological polar surface area (TPSA) is 80.9 Å². The molecule has 84 valence electrons. The van der Waals surface area contributed by atoms with E-state index in [1.54, 1.807) is 0 Å². The minimum Gasteiger partial charge on any atom is -0.396 e. The van der Waals surface area contributed by atoms with E-state index in [0.29, 0.717) is 12.8 Å². The molecule has 0 aliphatic rings. The van der Waals surface area contributed by atoms with Crippen molar-refractivity contribution in [3.05, 3.63) is 12.2 Å². The molecule has 0 aromatic rings. The maximum Gasteiger partial charge on any atom is 0.0771 e. The monoisotopic (exact) mass is 204 g/mol. The summed E-state index contributed by atoms with van der Waals surface area (Å²) in [5, 5.41) is 35.5. The Balaban J connectivity index is 3.80. The smallest absolute Gasteiger partial charge is 0.0771 e. The van der Waals surface area contributed by atoms with Gasteiger partial charge in [0, 0.05) is 19.1 Å². The van der Waals surface area contributed by atoms with Crippen LogP contribution >= 0.6 is 0 Å². The lowest BCUT2D eigenvalue weighted by Gasteiger charge is -2.17. The second kappa shape index (κ2) is 9.15. The van der Waals surface area contributed by atoms with E-state index in [1.165, 1.54) is 12.2 Å². The summed E-state index contributed by atoms with van der Waals surface area (Å²) in [5.41, 5.74) is 0. The maximum absolute atomic E-state index is 9.52. The highest BCUT2D eigenvalue weighted by Gasteiger charge is 2.14. The van der Waals surface area contributed by atoms with Crippen LogP contribution in [0.1, 0.15) is 19.3 Å². The van der Waals surface area contributed by atoms with Crippen LogP contribution in [0.5, 0.6) is 0 Å². The van der Waals surface area contributed by atoms with Gasteiger partial charge < -0.3 is 20.4 Å². The molecule has 0 radical (unpaired) electrons. The maximum atomic E-state index is 9.52. The highest BCUT2D eigenvalue weighted by Crippen LogP contribution is 2.13. The van der Waals surface area contributed by atoms with Crippen LogP contribution in [0.3, 0.4) is 0 Å². The Morgan fingerprint density at radius 2 is 1.79 bits per heavy atom. The SMILES string of the molecule is OCC=CC(O)C(CO)CCCCO. The van der Waals surface area contributed by atoms with E-state index in [0.717, 1.165) is 6.42 Å². The molecule has 4 heteroatoms. The zero-order valence-corrected chi connectivity index (χ0v) is 8.34. The Hall–Kier alpha value is -0.420. The molecular formula is C10H20O4. The molecule has 0 heterocycles. The summed E-state index contributed by atoms with van der Waals surface area (Å²) < 4.78 is 0. The van der Waals surface area contributed by atoms with Crippen molar-refractivity contribution in [2.45, 2.75) is 25.4 Å². The number of aliphatic hydroxyl groups excluding tert-OH is 4. The van der Waals surface area contributed by atoms with Crippen molar-refractivity contribution < 1.29 is 20.4 Å². The van der Waals surface area contributed by atoms with Crippen LogP contribution in [0.4, 0.5) is 0 Å². The standard InChI is InChI=1S/C10H20O4/c11-6-2-1-4-9(8-13)10(14)5-3-7-12/h3,5,9-14H,1-2,4,6-8H2. The fourth-order valence-electron chi connectivity index (χ4n) is 1.25. The largest absolute Gasteiger partial charge is 0.396 e. The predicted molar refractivity (Wildman–Crippen MR) is 53.7 cm³/mol. The lowest BCUT2D eigenvalue weighted by molar-refractivity contribution is 0.0916. The third-order valence-corrected chi connectivity index (χ3v) is 2.14. The fraction of sp³-hybridized carbons (Fsp3) is 0.800. The van der Waals surface area contributed by atoms with Gasteiger partial charge in [-0.25, -0.2) is 0 Å². The van der Waals surface area contributed by atoms with Gasteiger partial charge in [-0.05, 0) is 12.8 Å². The Labute approximate surface area is 84.5 Å². The van der Waals surface area contributed by atoms with Gasteiger partial charge in [-0.15, -0.1) is 0 Å². The number of rotatable bonds is 8. The molecular weight excluding hydrogens is 184 g/mol. The number of hydrogen-bond acceptors (Lipinski definition) is 4. The van der Waals surface area contributed by atoms with Crippen molar-refractivity contribution in [3.63, 3.8) is 0 Å². The average Bonchev–Trinajstić information content (AvgIpc) is 2.21. The van der Waals surface area contributed by atoms with Gasteiger partial charge in [0.1, 0.15) is 0 Å². The molecule has 2 atom stereocenters. The summed E-state index contributed by atoms with van der Waals surface area (Å²) >= 11 is 0. The quantitative estimate of drug-likeness (QED) is 0.322. The lowest BCUT2D eigenvalue weighted by atomic mass is 9.96. The van der Waals surface area contributed by atoms with Crippen LogP contribution < -0.4 is 0 Å². The van der Waals surface area contributed by atoms with Gasteiger partial charge >= 0.3 is 0 Å². The second-order valence-corrected chi connectivity index (χ2v) is 3.26. The molecule has 0 aliphatic carbocycles. The predicted octanol–water partition coefficient (Wildman–Crippen LogP) is -0.333. The van der Waals surface area contributed by atoms with Gasteiger partial charge in [-0.1, -0.05) is 18.6 Å². The van der Waals surface area contributed by atoms with Gasteiger partial charge in [-0.3, -0.25) is 0 Å². The van der Waals surface area contributed by atoms with E-state index in [1.807, 2.05) is 0 Å². The summed E-state index contributed by atoms with van der Waals surface area (Å²) in [6.07, 6.45) is 4.37. The minimum atomic E-state index is -0.717. The van der Waals surface area contributed by atoms with Crippen LogP contribution in [0, 0.1) is 5.92 Å². The first-order chi connectivity index (χ1) is 6.76. The minimum absolute atomic E-state index is 0.0810. The highest BCUT2D eigenvalue weighted by atomic mass is 16.3. The molecule has 14 heavy (non-hydrogen) atoms. The van der Waals surface area contributed by atoms with E-state index in [2.05, 4.69) is 0 Å². The number of aliphatic hydroxyl groups is 4. The van der Waals surface area contributed by atoms with Crippen molar-refractivity contribution >= 4 is 0 Å². The first-order valence-electron chi connectivity index (χ1n) is 4.93. The van der Waals surface area contributed by atoms with Crippen molar-refractivity contribution in [2.75, 3.05) is 19.8 Å². The molecule has 0 fully saturated rings. The molecule has 4 N–H and O–H groups in total. The summed E-state index contributed by atoms with van der Waals surface area (Å²) in [6.45, 7) is -0.0467. The van der Waals surface area contributed by atoms with E-state index < -0.39 is 6.10 Å². The molecule has 2 unspecified atom stereocenters. The van der Waals surface area contributed by atoms with Crippen LogP contribution in [-0.2, 0) is 0 Å². The van der Waals surface area contributed by atoms with E-state index >= 15 is 0 Å². The third kappa shape index (κ3) is 6.10. The normalized spacial score (nSPS) is 16.0. The second-order valence-electron chi connectivity index (χ2n) is 3.26. The van der Waals surface area contributed by atoms with Crippen molar-refractivity contribution in [3.8, 4) is 0 Å². The van der Waals surface area contributed by atoms with Crippen molar-refractivity contribution in [1.82, 2.24) is 0 Å². The van der Waals surface area contributed by atoms with Gasteiger partial charge in [0.05, 0.1) is 12.7 Å². The summed E-state index contributed by atoms with van der Waals surface area (Å²) in [5.74, 6) is -0.204. The average molecular weight is 204 g/mol. The highest BCUT2D eigenvalue weighted by molar-refractivity contribution is 4.91. The third-order valence-electron chi connectivity index (χ3n) is 2.14. The molecule has 0 aromatic heterocycles. The molecule has 0 bridgehead atoms. The summed E-state index contributed by atoms with van der Waals surface area (Å²) in [6, 6.07) is 0. The van der Waals surface area contributed by atoms with Crippen LogP contribution in [0.2, 0.25) is 0 Å². The van der Waals surface area contributed by atoms with E-state index in [4.69, 9.17) is 15.3 Å². The lowest BCUT2D eigenvalue weighted by Crippen LogP contribution is -2.21. The van der Waals surface area contributed by atoms with Crippen LogP contribution in [0.25, 0.3) is 0 Å². The molecule has 0 saturated heterocycles. The first-order valence-corrected chi connectivity index (χ1v) is 4.93. The van der Waals surface area contributed by atoms with Gasteiger partial charge in [-0.2, -0.15) is 0 Å². The van der Waals surface area contributed by atoms with Gasteiger partial charge in [0.15, 0.2) is 0 Å². The van der Waals surface area contributed by atoms with Crippen molar-refractivity contribution in [2.24, 2.45) is 5.92 Å². The van der Waals surface area contributed by atoms with Gasteiger partial charge in [0.2, 0.25) is 0 Å². The Morgan fingerprint density at radius 3 is 2.29 bits per heavy atom. The Kier molecular flexibility index (Phi) is 8.87. The molecule has 0 spiro atoms. The van der Waals surface area contributed by atoms with E-state index in [9.17, 15) is 5.11 Å². The fourth-order valence-corrected chi connectivity index (χ4v) is 1.25. The molecule has 0 rings (SSSR count). The molecule has 0 aromatic carbocycles. The Morgan fingerprint density at radius 1 is 1.07 bits per heavy atom. The molecule has 0 aliphatic heterocycles. The molecule has 0 amide bonds. The number of unbranched alkanes of at least 4 members (excludes halogenated alkanes) is 1. The van der Waals surface area contributed by atoms with Crippen LogP contribution in [-0.4, -0.2) is 46.4 Å². The molecule has 0 saturated carbocycles. The van der Waals surface area contributed by atoms with Crippen LogP contribution in [0.15, 0.2) is 12.2 Å².